The highest BCUT2D eigenvalue weighted by Gasteiger charge is 2.33. The van der Waals surface area contributed by atoms with Gasteiger partial charge in [-0.3, -0.25) is 4.99 Å². The zero-order valence-corrected chi connectivity index (χ0v) is 18.4. The molecule has 0 aromatic heterocycles. The molecule has 2 saturated heterocycles. The van der Waals surface area contributed by atoms with Crippen LogP contribution in [0.25, 0.3) is 0 Å². The summed E-state index contributed by atoms with van der Waals surface area (Å²) < 4.78 is 11.4. The van der Waals surface area contributed by atoms with Crippen LogP contribution in [0.4, 0.5) is 0 Å². The zero-order chi connectivity index (χ0) is 17.7. The molecule has 2 atom stereocenters. The average molecular weight is 473 g/mol. The minimum atomic E-state index is 0. The lowest BCUT2D eigenvalue weighted by molar-refractivity contribution is -0.0971. The number of nitrogens with one attached hydrogen (secondary N) is 2. The van der Waals surface area contributed by atoms with Crippen LogP contribution in [-0.4, -0.2) is 45.9 Å². The van der Waals surface area contributed by atoms with E-state index in [9.17, 15) is 0 Å². The summed E-state index contributed by atoms with van der Waals surface area (Å²) >= 11 is 0. The molecule has 1 aromatic rings. The number of hydrogen-bond acceptors (Lipinski definition) is 3. The summed E-state index contributed by atoms with van der Waals surface area (Å²) in [7, 11) is 1.82. The van der Waals surface area contributed by atoms with Gasteiger partial charge in [-0.15, -0.1) is 24.0 Å². The first-order chi connectivity index (χ1) is 12.1. The molecule has 2 N–H and O–H groups in total. The molecule has 0 radical (unpaired) electrons. The lowest BCUT2D eigenvalue weighted by Crippen LogP contribution is -2.51. The van der Waals surface area contributed by atoms with Gasteiger partial charge in [0.15, 0.2) is 5.96 Å². The Kier molecular flexibility index (Phi) is 8.16. The summed E-state index contributed by atoms with van der Waals surface area (Å²) in [4.78, 5) is 4.36. The van der Waals surface area contributed by atoms with E-state index in [0.717, 1.165) is 45.3 Å². The topological polar surface area (TPSA) is 54.9 Å². The molecular weight excluding hydrogens is 441 g/mol. The van der Waals surface area contributed by atoms with E-state index in [1.54, 1.807) is 0 Å². The number of aryl methyl sites for hydroxylation is 1. The minimum absolute atomic E-state index is 0. The number of halogens is 1. The summed E-state index contributed by atoms with van der Waals surface area (Å²) in [6.45, 7) is 8.60. The summed E-state index contributed by atoms with van der Waals surface area (Å²) in [5.74, 6) is 1.32. The van der Waals surface area contributed by atoms with Crippen molar-refractivity contribution in [1.82, 2.24) is 10.6 Å². The number of benzene rings is 1. The fraction of sp³-hybridized carbons (Fsp3) is 0.650. The van der Waals surface area contributed by atoms with Crippen LogP contribution in [0.5, 0.6) is 0 Å². The van der Waals surface area contributed by atoms with Crippen LogP contribution in [0.2, 0.25) is 0 Å². The Hall–Kier alpha value is -0.860. The number of ether oxygens (including phenoxy) is 2. The number of rotatable bonds is 5. The molecule has 0 aliphatic carbocycles. The lowest BCUT2D eigenvalue weighted by Gasteiger charge is -2.38. The third-order valence-corrected chi connectivity index (χ3v) is 5.19. The Morgan fingerprint density at radius 1 is 1.23 bits per heavy atom. The van der Waals surface area contributed by atoms with E-state index in [1.165, 1.54) is 17.5 Å². The average Bonchev–Trinajstić information content (AvgIpc) is 2.61. The van der Waals surface area contributed by atoms with Crippen molar-refractivity contribution in [2.45, 2.75) is 32.8 Å². The molecule has 1 aromatic carbocycles. The number of guanidine groups is 1. The molecule has 5 nitrogen and oxygen atoms in total. The van der Waals surface area contributed by atoms with Crippen molar-refractivity contribution in [1.29, 1.82) is 0 Å². The molecule has 3 rings (SSSR count). The Morgan fingerprint density at radius 2 is 1.96 bits per heavy atom. The van der Waals surface area contributed by atoms with Crippen LogP contribution in [0.15, 0.2) is 29.3 Å². The number of hydrogen-bond donors (Lipinski definition) is 2. The molecule has 0 bridgehead atoms. The quantitative estimate of drug-likeness (QED) is 0.392. The summed E-state index contributed by atoms with van der Waals surface area (Å²) in [5, 5.41) is 6.92. The SMILES string of the molecule is CN=C(NCC1CCCOC1c1ccc(C)cc1)NCC1(C)COC1.I. The van der Waals surface area contributed by atoms with E-state index >= 15 is 0 Å². The van der Waals surface area contributed by atoms with Crippen molar-refractivity contribution in [3.63, 3.8) is 0 Å². The maximum absolute atomic E-state index is 6.11. The first-order valence-electron chi connectivity index (χ1n) is 9.30. The number of nitrogens with zero attached hydrogens (tertiary/aromatic N) is 1. The molecule has 2 aliphatic rings. The van der Waals surface area contributed by atoms with Crippen LogP contribution in [0.3, 0.4) is 0 Å². The van der Waals surface area contributed by atoms with Crippen LogP contribution in [0, 0.1) is 18.3 Å². The molecular formula is C20H32IN3O2. The van der Waals surface area contributed by atoms with Crippen molar-refractivity contribution in [3.8, 4) is 0 Å². The second-order valence-electron chi connectivity index (χ2n) is 7.71. The van der Waals surface area contributed by atoms with E-state index in [4.69, 9.17) is 9.47 Å². The molecule has 2 heterocycles. The van der Waals surface area contributed by atoms with Gasteiger partial charge >= 0.3 is 0 Å². The van der Waals surface area contributed by atoms with Gasteiger partial charge in [0, 0.05) is 38.1 Å². The van der Waals surface area contributed by atoms with Crippen molar-refractivity contribution < 1.29 is 9.47 Å². The second-order valence-corrected chi connectivity index (χ2v) is 7.71. The Bertz CT molecular complexity index is 587. The Labute approximate surface area is 174 Å². The molecule has 0 spiro atoms. The maximum Gasteiger partial charge on any atom is 0.191 e. The monoisotopic (exact) mass is 473 g/mol. The van der Waals surface area contributed by atoms with Gasteiger partial charge in [-0.25, -0.2) is 0 Å². The van der Waals surface area contributed by atoms with Crippen molar-refractivity contribution in [3.05, 3.63) is 35.4 Å². The third kappa shape index (κ3) is 5.57. The van der Waals surface area contributed by atoms with E-state index in [2.05, 4.69) is 53.7 Å². The predicted molar refractivity (Wildman–Crippen MR) is 116 cm³/mol. The summed E-state index contributed by atoms with van der Waals surface area (Å²) in [6, 6.07) is 8.73. The molecule has 6 heteroatoms. The van der Waals surface area contributed by atoms with E-state index in [0.29, 0.717) is 5.92 Å². The van der Waals surface area contributed by atoms with Crippen molar-refractivity contribution in [2.24, 2.45) is 16.3 Å². The summed E-state index contributed by atoms with van der Waals surface area (Å²) in [5.41, 5.74) is 2.79. The third-order valence-electron chi connectivity index (χ3n) is 5.19. The van der Waals surface area contributed by atoms with Gasteiger partial charge in [0.2, 0.25) is 0 Å². The number of aliphatic imine (C=N–C) groups is 1. The lowest BCUT2D eigenvalue weighted by atomic mass is 9.88. The van der Waals surface area contributed by atoms with Gasteiger partial charge in [-0.1, -0.05) is 36.8 Å². The molecule has 2 unspecified atom stereocenters. The van der Waals surface area contributed by atoms with Gasteiger partial charge in [-0.05, 0) is 25.3 Å². The largest absolute Gasteiger partial charge is 0.380 e. The zero-order valence-electron chi connectivity index (χ0n) is 16.1. The van der Waals surface area contributed by atoms with Crippen molar-refractivity contribution in [2.75, 3.05) is 40.0 Å². The highest BCUT2D eigenvalue weighted by atomic mass is 127. The fourth-order valence-corrected chi connectivity index (χ4v) is 3.47. The molecule has 0 amide bonds. The highest BCUT2D eigenvalue weighted by molar-refractivity contribution is 14.0. The van der Waals surface area contributed by atoms with E-state index in [-0.39, 0.29) is 35.5 Å². The normalized spacial score (nSPS) is 25.0. The van der Waals surface area contributed by atoms with Gasteiger partial charge < -0.3 is 20.1 Å². The van der Waals surface area contributed by atoms with E-state index in [1.807, 2.05) is 7.05 Å². The van der Waals surface area contributed by atoms with Gasteiger partial charge in [0.05, 0.1) is 19.3 Å². The van der Waals surface area contributed by atoms with Gasteiger partial charge in [0.25, 0.3) is 0 Å². The molecule has 146 valence electrons. The van der Waals surface area contributed by atoms with Gasteiger partial charge in [0.1, 0.15) is 0 Å². The van der Waals surface area contributed by atoms with Crippen molar-refractivity contribution >= 4 is 29.9 Å². The highest BCUT2D eigenvalue weighted by Crippen LogP contribution is 2.33. The van der Waals surface area contributed by atoms with Crippen LogP contribution < -0.4 is 10.6 Å². The standard InChI is InChI=1S/C20H31N3O2.HI/c1-15-6-8-16(9-7-15)18-17(5-4-10-25-18)11-22-19(21-3)23-12-20(2)13-24-14-20;/h6-9,17-18H,4-5,10-14H2,1-3H3,(H2,21,22,23);1H. The Balaban J connectivity index is 0.00000243. The minimum Gasteiger partial charge on any atom is -0.380 e. The molecule has 2 fully saturated rings. The van der Waals surface area contributed by atoms with Crippen LogP contribution in [0.1, 0.15) is 37.0 Å². The predicted octanol–water partition coefficient (Wildman–Crippen LogP) is 3.28. The first-order valence-corrected chi connectivity index (χ1v) is 9.30. The molecule has 0 saturated carbocycles. The molecule has 26 heavy (non-hydrogen) atoms. The molecule has 2 aliphatic heterocycles. The first kappa shape index (κ1) is 21.4. The smallest absolute Gasteiger partial charge is 0.191 e. The maximum atomic E-state index is 6.11. The van der Waals surface area contributed by atoms with Crippen LogP contribution >= 0.6 is 24.0 Å². The Morgan fingerprint density at radius 3 is 2.58 bits per heavy atom. The summed E-state index contributed by atoms with van der Waals surface area (Å²) in [6.07, 6.45) is 2.46. The van der Waals surface area contributed by atoms with Gasteiger partial charge in [-0.2, -0.15) is 0 Å². The van der Waals surface area contributed by atoms with E-state index < -0.39 is 0 Å². The second kappa shape index (κ2) is 9.90. The fourth-order valence-electron chi connectivity index (χ4n) is 3.47. The van der Waals surface area contributed by atoms with Crippen LogP contribution in [-0.2, 0) is 9.47 Å².